The summed E-state index contributed by atoms with van der Waals surface area (Å²) in [4.78, 5) is 2.42. The lowest BCUT2D eigenvalue weighted by Crippen LogP contribution is -2.11. The third kappa shape index (κ3) is 5.53. The molecule has 0 N–H and O–H groups in total. The zero-order chi connectivity index (χ0) is 41.4. The topological polar surface area (TPSA) is 21.3 Å². The molecule has 2 heterocycles. The molecular weight excluding hydrogens is 765 g/mol. The first-order chi connectivity index (χ1) is 31.3. The van der Waals surface area contributed by atoms with E-state index < -0.39 is 0 Å². The summed E-state index contributed by atoms with van der Waals surface area (Å²) in [7, 11) is 0. The van der Waals surface area contributed by atoms with E-state index in [2.05, 4.69) is 240 Å². The second kappa shape index (κ2) is 14.1. The fourth-order valence-electron chi connectivity index (χ4n) is 10.1. The first kappa shape index (κ1) is 35.4. The molecule has 0 amide bonds. The molecular formula is C60H38N2O. The van der Waals surface area contributed by atoms with Gasteiger partial charge >= 0.3 is 0 Å². The Hall–Kier alpha value is -8.40. The van der Waals surface area contributed by atoms with Crippen molar-refractivity contribution in [2.45, 2.75) is 0 Å². The first-order valence-electron chi connectivity index (χ1n) is 21.6. The highest BCUT2D eigenvalue weighted by Crippen LogP contribution is 2.48. The SMILES string of the molecule is c1ccc(-c2cccc(-n3c4ccc(N(c5ccc(-c6ccccc6)c6ccccc56)c5cccc6c5oc5c7ccccc7ccc65)cc4c4c5ccccc5ccc43)c2)cc1. The van der Waals surface area contributed by atoms with Crippen LogP contribution in [0.25, 0.3) is 104 Å². The van der Waals surface area contributed by atoms with Gasteiger partial charge in [0.2, 0.25) is 0 Å². The van der Waals surface area contributed by atoms with E-state index >= 15 is 0 Å². The van der Waals surface area contributed by atoms with Crippen LogP contribution in [-0.2, 0) is 0 Å². The van der Waals surface area contributed by atoms with E-state index in [9.17, 15) is 0 Å². The third-order valence-electron chi connectivity index (χ3n) is 12.9. The van der Waals surface area contributed by atoms with E-state index in [0.29, 0.717) is 0 Å². The van der Waals surface area contributed by atoms with Crippen molar-refractivity contribution in [3.05, 3.63) is 231 Å². The van der Waals surface area contributed by atoms with Gasteiger partial charge in [0.25, 0.3) is 0 Å². The van der Waals surface area contributed by atoms with Gasteiger partial charge < -0.3 is 13.9 Å². The van der Waals surface area contributed by atoms with Crippen LogP contribution in [0.1, 0.15) is 0 Å². The summed E-state index contributed by atoms with van der Waals surface area (Å²) in [5.41, 5.74) is 13.1. The number of anilines is 3. The molecule has 0 atom stereocenters. The van der Waals surface area contributed by atoms with Crippen LogP contribution in [0, 0.1) is 0 Å². The molecule has 0 unspecified atom stereocenters. The Kier molecular flexibility index (Phi) is 7.91. The first-order valence-corrected chi connectivity index (χ1v) is 21.6. The van der Waals surface area contributed by atoms with Crippen LogP contribution in [0.15, 0.2) is 235 Å². The molecule has 0 aliphatic rings. The summed E-state index contributed by atoms with van der Waals surface area (Å²) in [5.74, 6) is 0. The third-order valence-corrected chi connectivity index (χ3v) is 12.9. The summed E-state index contributed by atoms with van der Waals surface area (Å²) < 4.78 is 9.54. The maximum atomic E-state index is 7.11. The van der Waals surface area contributed by atoms with Gasteiger partial charge in [0, 0.05) is 43.7 Å². The van der Waals surface area contributed by atoms with Crippen molar-refractivity contribution in [2.75, 3.05) is 4.90 Å². The van der Waals surface area contributed by atoms with E-state index in [1.165, 1.54) is 54.7 Å². The Morgan fingerprint density at radius 1 is 0.333 bits per heavy atom. The molecule has 0 radical (unpaired) electrons. The molecule has 294 valence electrons. The maximum absolute atomic E-state index is 7.11. The minimum atomic E-state index is 0.853. The fourth-order valence-corrected chi connectivity index (χ4v) is 10.1. The molecule has 0 saturated heterocycles. The zero-order valence-corrected chi connectivity index (χ0v) is 34.2. The van der Waals surface area contributed by atoms with Gasteiger partial charge in [-0.1, -0.05) is 176 Å². The Morgan fingerprint density at radius 2 is 0.952 bits per heavy atom. The molecule has 0 bridgehead atoms. The van der Waals surface area contributed by atoms with Gasteiger partial charge in [-0.2, -0.15) is 0 Å². The summed E-state index contributed by atoms with van der Waals surface area (Å²) in [6.07, 6.45) is 0. The average Bonchev–Trinajstić information content (AvgIpc) is 3.91. The Balaban J connectivity index is 1.12. The normalized spacial score (nSPS) is 11.8. The molecule has 11 aromatic carbocycles. The monoisotopic (exact) mass is 802 g/mol. The zero-order valence-electron chi connectivity index (χ0n) is 34.2. The number of para-hydroxylation sites is 1. The number of aromatic nitrogens is 1. The molecule has 13 rings (SSSR count). The van der Waals surface area contributed by atoms with Crippen LogP contribution in [0.2, 0.25) is 0 Å². The molecule has 0 fully saturated rings. The molecule has 13 aromatic rings. The highest BCUT2D eigenvalue weighted by atomic mass is 16.3. The van der Waals surface area contributed by atoms with Crippen molar-refractivity contribution in [3.63, 3.8) is 0 Å². The van der Waals surface area contributed by atoms with Crippen molar-refractivity contribution in [1.82, 2.24) is 4.57 Å². The van der Waals surface area contributed by atoms with E-state index in [4.69, 9.17) is 4.42 Å². The number of furan rings is 1. The number of rotatable bonds is 6. The van der Waals surface area contributed by atoms with Gasteiger partial charge in [0.1, 0.15) is 5.58 Å². The second-order valence-corrected chi connectivity index (χ2v) is 16.4. The predicted molar refractivity (Wildman–Crippen MR) is 266 cm³/mol. The molecule has 0 aliphatic carbocycles. The van der Waals surface area contributed by atoms with E-state index in [1.54, 1.807) is 0 Å². The van der Waals surface area contributed by atoms with Gasteiger partial charge in [0.05, 0.1) is 22.4 Å². The molecule has 0 saturated carbocycles. The number of nitrogens with zero attached hydrogens (tertiary/aromatic N) is 2. The lowest BCUT2D eigenvalue weighted by atomic mass is 9.96. The molecule has 3 nitrogen and oxygen atoms in total. The van der Waals surface area contributed by atoms with Crippen molar-refractivity contribution in [3.8, 4) is 27.9 Å². The number of benzene rings is 11. The van der Waals surface area contributed by atoms with Crippen LogP contribution in [0.3, 0.4) is 0 Å². The fraction of sp³-hybridized carbons (Fsp3) is 0. The quantitative estimate of drug-likeness (QED) is 0.167. The van der Waals surface area contributed by atoms with Crippen LogP contribution in [0.4, 0.5) is 17.1 Å². The molecule has 0 spiro atoms. The Bertz CT molecular complexity index is 3920. The molecule has 2 aromatic heterocycles. The van der Waals surface area contributed by atoms with E-state index in [-0.39, 0.29) is 0 Å². The van der Waals surface area contributed by atoms with Crippen molar-refractivity contribution in [2.24, 2.45) is 0 Å². The minimum Gasteiger partial charge on any atom is -0.453 e. The summed E-state index contributed by atoms with van der Waals surface area (Å²) in [6.45, 7) is 0. The molecule has 0 aliphatic heterocycles. The van der Waals surface area contributed by atoms with Gasteiger partial charge in [-0.3, -0.25) is 0 Å². The standard InChI is InChI=1S/C60H38N2O/c1-3-15-39(16-4-1)43-21-13-22-44(37-43)61-55-35-31-45(38-53(55)58-47-23-9-7-19-41(47)30-34-56(58)61)62(54-36-33-46(40-17-5-2-6-18-40)49-25-11-12-26-50(49)54)57-28-14-27-51-52-32-29-42-20-8-10-24-48(42)59(52)63-60(51)57/h1-38H. The van der Waals surface area contributed by atoms with Crippen molar-refractivity contribution in [1.29, 1.82) is 0 Å². The summed E-state index contributed by atoms with van der Waals surface area (Å²) in [5, 5.41) is 11.7. The highest BCUT2D eigenvalue weighted by molar-refractivity contribution is 6.23. The van der Waals surface area contributed by atoms with Crippen molar-refractivity contribution >= 4 is 93.1 Å². The number of hydrogen-bond donors (Lipinski definition) is 0. The average molecular weight is 803 g/mol. The van der Waals surface area contributed by atoms with Gasteiger partial charge in [-0.05, 0) is 98.4 Å². The largest absolute Gasteiger partial charge is 0.453 e. The number of hydrogen-bond acceptors (Lipinski definition) is 2. The van der Waals surface area contributed by atoms with Gasteiger partial charge in [-0.15, -0.1) is 0 Å². The Labute approximate surface area is 363 Å². The summed E-state index contributed by atoms with van der Waals surface area (Å²) >= 11 is 0. The van der Waals surface area contributed by atoms with E-state index in [0.717, 1.165) is 66.4 Å². The maximum Gasteiger partial charge on any atom is 0.159 e. The van der Waals surface area contributed by atoms with Gasteiger partial charge in [0.15, 0.2) is 5.58 Å². The van der Waals surface area contributed by atoms with Crippen LogP contribution < -0.4 is 4.90 Å². The van der Waals surface area contributed by atoms with Crippen LogP contribution in [0.5, 0.6) is 0 Å². The lowest BCUT2D eigenvalue weighted by molar-refractivity contribution is 0.673. The Morgan fingerprint density at radius 3 is 1.78 bits per heavy atom. The van der Waals surface area contributed by atoms with E-state index in [1.807, 2.05) is 0 Å². The predicted octanol–water partition coefficient (Wildman–Crippen LogP) is 16.9. The second-order valence-electron chi connectivity index (χ2n) is 16.4. The van der Waals surface area contributed by atoms with Gasteiger partial charge in [-0.25, -0.2) is 0 Å². The highest BCUT2D eigenvalue weighted by Gasteiger charge is 2.24. The lowest BCUT2D eigenvalue weighted by Gasteiger charge is -2.28. The summed E-state index contributed by atoms with van der Waals surface area (Å²) in [6, 6.07) is 83.5. The van der Waals surface area contributed by atoms with Crippen molar-refractivity contribution < 1.29 is 4.42 Å². The number of fused-ring (bicyclic) bond motifs is 11. The smallest absolute Gasteiger partial charge is 0.159 e. The minimum absolute atomic E-state index is 0.853. The van der Waals surface area contributed by atoms with Crippen LogP contribution in [-0.4, -0.2) is 4.57 Å². The molecule has 3 heteroatoms. The molecule has 63 heavy (non-hydrogen) atoms. The van der Waals surface area contributed by atoms with Crippen LogP contribution >= 0.6 is 0 Å².